The van der Waals surface area contributed by atoms with E-state index in [0.29, 0.717) is 18.8 Å². The van der Waals surface area contributed by atoms with E-state index in [1.54, 1.807) is 6.07 Å². The third kappa shape index (κ3) is 2.23. The Hall–Kier alpha value is -0.825. The minimum atomic E-state index is -0.346. The van der Waals surface area contributed by atoms with Crippen LogP contribution in [0.3, 0.4) is 0 Å². The Labute approximate surface area is 97.3 Å². The Kier molecular flexibility index (Phi) is 3.42. The van der Waals surface area contributed by atoms with Crippen LogP contribution in [-0.4, -0.2) is 20.3 Å². The number of benzene rings is 1. The fourth-order valence-corrected chi connectivity index (χ4v) is 2.03. The van der Waals surface area contributed by atoms with Crippen molar-refractivity contribution in [1.29, 1.82) is 5.26 Å². The Morgan fingerprint density at radius 1 is 1.33 bits per heavy atom. The van der Waals surface area contributed by atoms with Gasteiger partial charge in [-0.25, -0.2) is 0 Å². The van der Waals surface area contributed by atoms with E-state index in [4.69, 9.17) is 14.6 Å². The number of rotatable bonds is 1. The molecule has 5 heteroatoms. The molecule has 1 aromatic carbocycles. The normalized spacial score (nSPS) is 16.1. The van der Waals surface area contributed by atoms with Gasteiger partial charge in [0.25, 0.3) is 0 Å². The van der Waals surface area contributed by atoms with Crippen molar-refractivity contribution < 1.29 is 9.31 Å². The van der Waals surface area contributed by atoms with Crippen LogP contribution in [0.5, 0.6) is 0 Å². The van der Waals surface area contributed by atoms with Crippen molar-refractivity contribution in [3.63, 3.8) is 0 Å². The molecule has 0 unspecified atom stereocenters. The summed E-state index contributed by atoms with van der Waals surface area (Å²) in [5.74, 6) is 0. The van der Waals surface area contributed by atoms with Crippen molar-refractivity contribution >= 4 is 28.5 Å². The summed E-state index contributed by atoms with van der Waals surface area (Å²) in [4.78, 5) is 0. The first-order valence-corrected chi connectivity index (χ1v) is 5.54. The minimum absolute atomic E-state index is 0.346. The van der Waals surface area contributed by atoms with Crippen molar-refractivity contribution in [2.24, 2.45) is 0 Å². The second-order valence-corrected chi connectivity index (χ2v) is 4.04. The molecular weight excluding hydrogens is 257 g/mol. The number of hydrogen-bond donors (Lipinski definition) is 0. The van der Waals surface area contributed by atoms with Crippen molar-refractivity contribution in [2.45, 2.75) is 6.42 Å². The Morgan fingerprint density at radius 2 is 2.07 bits per heavy atom. The van der Waals surface area contributed by atoms with E-state index in [0.717, 1.165) is 16.4 Å². The van der Waals surface area contributed by atoms with Crippen LogP contribution in [0.4, 0.5) is 0 Å². The van der Waals surface area contributed by atoms with Crippen molar-refractivity contribution in [1.82, 2.24) is 0 Å². The van der Waals surface area contributed by atoms with E-state index in [9.17, 15) is 0 Å². The van der Waals surface area contributed by atoms with Gasteiger partial charge >= 0.3 is 7.12 Å². The van der Waals surface area contributed by atoms with Crippen molar-refractivity contribution in [2.75, 3.05) is 13.2 Å². The molecule has 0 bridgehead atoms. The molecule has 0 amide bonds. The zero-order valence-corrected chi connectivity index (χ0v) is 9.66. The molecule has 1 heterocycles. The molecule has 76 valence electrons. The first-order chi connectivity index (χ1) is 7.33. The summed E-state index contributed by atoms with van der Waals surface area (Å²) in [6, 6.07) is 7.61. The quantitative estimate of drug-likeness (QED) is 0.722. The van der Waals surface area contributed by atoms with Crippen molar-refractivity contribution in [3.8, 4) is 6.07 Å². The predicted molar refractivity (Wildman–Crippen MR) is 60.8 cm³/mol. The third-order valence-corrected chi connectivity index (χ3v) is 3.12. The van der Waals surface area contributed by atoms with E-state index in [1.165, 1.54) is 0 Å². The van der Waals surface area contributed by atoms with Crippen LogP contribution in [0, 0.1) is 11.3 Å². The molecule has 0 aromatic heterocycles. The molecule has 15 heavy (non-hydrogen) atoms. The zero-order chi connectivity index (χ0) is 10.7. The highest BCUT2D eigenvalue weighted by atomic mass is 79.9. The van der Waals surface area contributed by atoms with Crippen LogP contribution in [0.2, 0.25) is 0 Å². The monoisotopic (exact) mass is 265 g/mol. The van der Waals surface area contributed by atoms with Crippen LogP contribution in [-0.2, 0) is 9.31 Å². The summed E-state index contributed by atoms with van der Waals surface area (Å²) in [5, 5.41) is 8.88. The molecular formula is C10H9BBrNO2. The second-order valence-electron chi connectivity index (χ2n) is 3.25. The van der Waals surface area contributed by atoms with Crippen LogP contribution < -0.4 is 5.46 Å². The second kappa shape index (κ2) is 4.80. The van der Waals surface area contributed by atoms with Gasteiger partial charge in [-0.05, 0) is 33.9 Å². The maximum absolute atomic E-state index is 8.88. The molecule has 0 atom stereocenters. The summed E-state index contributed by atoms with van der Waals surface area (Å²) in [6.45, 7) is 1.40. The smallest absolute Gasteiger partial charge is 0.407 e. The lowest BCUT2D eigenvalue weighted by atomic mass is 9.77. The standard InChI is InChI=1S/C10H9BBrNO2/c12-10-8(7-13)3-1-4-9(10)11-14-5-2-6-15-11/h1,3-4H,2,5-6H2. The molecule has 1 fully saturated rings. The highest BCUT2D eigenvalue weighted by Crippen LogP contribution is 2.15. The first kappa shape index (κ1) is 10.7. The van der Waals surface area contributed by atoms with Gasteiger partial charge in [-0.15, -0.1) is 0 Å². The summed E-state index contributed by atoms with van der Waals surface area (Å²) < 4.78 is 11.7. The third-order valence-electron chi connectivity index (χ3n) is 2.23. The van der Waals surface area contributed by atoms with E-state index in [-0.39, 0.29) is 7.12 Å². The average molecular weight is 266 g/mol. The summed E-state index contributed by atoms with van der Waals surface area (Å²) in [7, 11) is -0.346. The van der Waals surface area contributed by atoms with Gasteiger partial charge < -0.3 is 9.31 Å². The van der Waals surface area contributed by atoms with E-state index >= 15 is 0 Å². The van der Waals surface area contributed by atoms with E-state index in [1.807, 2.05) is 12.1 Å². The number of hydrogen-bond acceptors (Lipinski definition) is 3. The largest absolute Gasteiger partial charge is 0.495 e. The van der Waals surface area contributed by atoms with Gasteiger partial charge in [-0.3, -0.25) is 0 Å². The molecule has 1 aromatic rings. The molecule has 1 aliphatic heterocycles. The summed E-state index contributed by atoms with van der Waals surface area (Å²) in [6.07, 6.45) is 0.923. The molecule has 0 spiro atoms. The van der Waals surface area contributed by atoms with Gasteiger partial charge in [0, 0.05) is 17.7 Å². The minimum Gasteiger partial charge on any atom is -0.407 e. The van der Waals surface area contributed by atoms with Crippen LogP contribution in [0.15, 0.2) is 22.7 Å². The highest BCUT2D eigenvalue weighted by Gasteiger charge is 2.27. The zero-order valence-electron chi connectivity index (χ0n) is 8.07. The van der Waals surface area contributed by atoms with Crippen LogP contribution in [0.25, 0.3) is 0 Å². The van der Waals surface area contributed by atoms with Gasteiger partial charge in [-0.1, -0.05) is 12.1 Å². The number of nitriles is 1. The Morgan fingerprint density at radius 3 is 2.73 bits per heavy atom. The fourth-order valence-electron chi connectivity index (χ4n) is 1.49. The molecule has 2 rings (SSSR count). The molecule has 0 N–H and O–H groups in total. The first-order valence-electron chi connectivity index (χ1n) is 4.74. The SMILES string of the molecule is N#Cc1cccc(B2OCCCO2)c1Br. The summed E-state index contributed by atoms with van der Waals surface area (Å²) >= 11 is 3.39. The highest BCUT2D eigenvalue weighted by molar-refractivity contribution is 9.10. The fraction of sp³-hybridized carbons (Fsp3) is 0.300. The topological polar surface area (TPSA) is 42.2 Å². The lowest BCUT2D eigenvalue weighted by molar-refractivity contribution is 0.143. The van der Waals surface area contributed by atoms with Gasteiger partial charge in [0.15, 0.2) is 0 Å². The number of nitrogens with zero attached hydrogens (tertiary/aromatic N) is 1. The molecule has 0 saturated carbocycles. The Balaban J connectivity index is 2.31. The van der Waals surface area contributed by atoms with Crippen LogP contribution in [0.1, 0.15) is 12.0 Å². The lowest BCUT2D eigenvalue weighted by Gasteiger charge is -2.20. The summed E-state index contributed by atoms with van der Waals surface area (Å²) in [5.41, 5.74) is 1.49. The lowest BCUT2D eigenvalue weighted by Crippen LogP contribution is -2.41. The van der Waals surface area contributed by atoms with Gasteiger partial charge in [0.1, 0.15) is 6.07 Å². The Bertz CT molecular complexity index is 399. The van der Waals surface area contributed by atoms with Crippen LogP contribution >= 0.6 is 15.9 Å². The average Bonchev–Trinajstić information content (AvgIpc) is 2.30. The van der Waals surface area contributed by atoms with Gasteiger partial charge in [0.2, 0.25) is 0 Å². The predicted octanol–water partition coefficient (Wildman–Crippen LogP) is 1.45. The maximum Gasteiger partial charge on any atom is 0.495 e. The van der Waals surface area contributed by atoms with E-state index < -0.39 is 0 Å². The molecule has 0 aliphatic carbocycles. The molecule has 3 nitrogen and oxygen atoms in total. The number of halogens is 1. The van der Waals surface area contributed by atoms with Gasteiger partial charge in [-0.2, -0.15) is 5.26 Å². The van der Waals surface area contributed by atoms with E-state index in [2.05, 4.69) is 22.0 Å². The molecule has 0 radical (unpaired) electrons. The molecule has 1 aliphatic rings. The van der Waals surface area contributed by atoms with Crippen molar-refractivity contribution in [3.05, 3.63) is 28.2 Å². The van der Waals surface area contributed by atoms with Gasteiger partial charge in [0.05, 0.1) is 5.56 Å². The maximum atomic E-state index is 8.88. The molecule has 1 saturated heterocycles.